The Morgan fingerprint density at radius 1 is 1.10 bits per heavy atom. The van der Waals surface area contributed by atoms with Crippen molar-refractivity contribution in [3.05, 3.63) is 17.7 Å². The predicted octanol–water partition coefficient (Wildman–Crippen LogP) is 2.17. The number of carbonyl (C=O) groups is 3. The third-order valence-electron chi connectivity index (χ3n) is 4.89. The van der Waals surface area contributed by atoms with Crippen molar-refractivity contribution >= 4 is 17.9 Å². The van der Waals surface area contributed by atoms with Gasteiger partial charge in [0.2, 0.25) is 5.75 Å². The second kappa shape index (κ2) is 9.49. The Morgan fingerprint density at radius 3 is 2.55 bits per heavy atom. The maximum Gasteiger partial charge on any atom is 0.339 e. The monoisotopic (exact) mass is 406 g/mol. The van der Waals surface area contributed by atoms with E-state index in [4.69, 9.17) is 18.9 Å². The topological polar surface area (TPSA) is 112 Å². The molecular weight excluding hydrogens is 380 g/mol. The molecule has 1 aromatic carbocycles. The van der Waals surface area contributed by atoms with Crippen LogP contribution in [-0.2, 0) is 9.53 Å². The summed E-state index contributed by atoms with van der Waals surface area (Å²) in [5, 5.41) is 5.00. The summed E-state index contributed by atoms with van der Waals surface area (Å²) < 4.78 is 21.4. The summed E-state index contributed by atoms with van der Waals surface area (Å²) >= 11 is 0. The Hall–Kier alpha value is -2.97. The highest BCUT2D eigenvalue weighted by molar-refractivity contribution is 5.98. The van der Waals surface area contributed by atoms with Gasteiger partial charge in [0, 0.05) is 6.04 Å². The molecule has 9 nitrogen and oxygen atoms in total. The molecule has 9 heteroatoms. The molecule has 0 unspecified atom stereocenters. The average molecular weight is 406 g/mol. The molecule has 2 aliphatic rings. The molecule has 1 aliphatic carbocycles. The van der Waals surface area contributed by atoms with E-state index in [1.165, 1.54) is 26.2 Å². The molecule has 0 saturated heterocycles. The Balaban J connectivity index is 1.56. The number of hydrogen-bond donors (Lipinski definition) is 2. The molecule has 158 valence electrons. The number of benzene rings is 1. The van der Waals surface area contributed by atoms with E-state index in [1.54, 1.807) is 0 Å². The highest BCUT2D eigenvalue weighted by Gasteiger charge is 2.25. The first-order valence-corrected chi connectivity index (χ1v) is 9.78. The van der Waals surface area contributed by atoms with Crippen LogP contribution in [0.5, 0.6) is 17.2 Å². The van der Waals surface area contributed by atoms with Crippen LogP contribution in [0.1, 0.15) is 49.4 Å². The van der Waals surface area contributed by atoms with Crippen molar-refractivity contribution in [1.29, 1.82) is 0 Å². The lowest BCUT2D eigenvalue weighted by molar-refractivity contribution is -0.127. The molecule has 1 aliphatic heterocycles. The summed E-state index contributed by atoms with van der Waals surface area (Å²) in [5.41, 5.74) is 0.150. The Bertz CT molecular complexity index is 757. The molecule has 3 rings (SSSR count). The van der Waals surface area contributed by atoms with Crippen molar-refractivity contribution in [2.24, 2.45) is 0 Å². The fraction of sp³-hybridized carbons (Fsp3) is 0.550. The standard InChI is InChI=1S/C20H26N2O7/c1-12(18(23)22-20(25)21-14-6-4-3-5-7-14)29-19(24)13-10-15(26-2)17-16(11-13)27-8-9-28-17/h10-12,14H,3-9H2,1-2H3,(H2,21,22,23,25)/t12-/m1/s1. The van der Waals surface area contributed by atoms with Gasteiger partial charge in [-0.1, -0.05) is 19.3 Å². The second-order valence-electron chi connectivity index (χ2n) is 7.05. The van der Waals surface area contributed by atoms with Crippen LogP contribution in [0.4, 0.5) is 4.79 Å². The first-order valence-electron chi connectivity index (χ1n) is 9.78. The van der Waals surface area contributed by atoms with Gasteiger partial charge in [-0.05, 0) is 31.9 Å². The minimum Gasteiger partial charge on any atom is -0.493 e. The first-order chi connectivity index (χ1) is 14.0. The van der Waals surface area contributed by atoms with Crippen molar-refractivity contribution in [3.63, 3.8) is 0 Å². The minimum atomic E-state index is -1.15. The van der Waals surface area contributed by atoms with E-state index in [-0.39, 0.29) is 11.6 Å². The smallest absolute Gasteiger partial charge is 0.339 e. The van der Waals surface area contributed by atoms with Crippen LogP contribution in [0, 0.1) is 0 Å². The summed E-state index contributed by atoms with van der Waals surface area (Å²) in [6.07, 6.45) is 3.93. The Labute approximate surface area is 169 Å². The molecule has 0 spiro atoms. The van der Waals surface area contributed by atoms with Crippen molar-refractivity contribution in [1.82, 2.24) is 10.6 Å². The van der Waals surface area contributed by atoms with Gasteiger partial charge in [0.1, 0.15) is 13.2 Å². The summed E-state index contributed by atoms with van der Waals surface area (Å²) in [6.45, 7) is 2.13. The molecule has 29 heavy (non-hydrogen) atoms. The molecular formula is C20H26N2O7. The van der Waals surface area contributed by atoms with E-state index in [2.05, 4.69) is 10.6 Å². The average Bonchev–Trinajstić information content (AvgIpc) is 2.73. The van der Waals surface area contributed by atoms with Crippen LogP contribution in [0.25, 0.3) is 0 Å². The predicted molar refractivity (Wildman–Crippen MR) is 102 cm³/mol. The molecule has 2 N–H and O–H groups in total. The molecule has 1 fully saturated rings. The molecule has 0 radical (unpaired) electrons. The molecule has 1 heterocycles. The third-order valence-corrected chi connectivity index (χ3v) is 4.89. The van der Waals surface area contributed by atoms with E-state index in [9.17, 15) is 14.4 Å². The van der Waals surface area contributed by atoms with Crippen molar-refractivity contribution in [2.75, 3.05) is 20.3 Å². The SMILES string of the molecule is COc1cc(C(=O)O[C@H](C)C(=O)NC(=O)NC2CCCCC2)cc2c1OCCO2. The summed E-state index contributed by atoms with van der Waals surface area (Å²) in [4.78, 5) is 36.7. The molecule has 0 aromatic heterocycles. The van der Waals surface area contributed by atoms with Gasteiger partial charge in [0.05, 0.1) is 12.7 Å². The zero-order valence-electron chi connectivity index (χ0n) is 16.6. The molecule has 1 saturated carbocycles. The third kappa shape index (κ3) is 5.30. The van der Waals surface area contributed by atoms with Crippen LogP contribution < -0.4 is 24.8 Å². The lowest BCUT2D eigenvalue weighted by Gasteiger charge is -2.23. The van der Waals surface area contributed by atoms with Crippen molar-refractivity contribution in [3.8, 4) is 17.2 Å². The summed E-state index contributed by atoms with van der Waals surface area (Å²) in [5.74, 6) is -0.322. The van der Waals surface area contributed by atoms with E-state index in [1.807, 2.05) is 0 Å². The van der Waals surface area contributed by atoms with Crippen molar-refractivity contribution < 1.29 is 33.3 Å². The van der Waals surface area contributed by atoms with Crippen LogP contribution in [-0.4, -0.2) is 50.4 Å². The van der Waals surface area contributed by atoms with Gasteiger partial charge in [0.15, 0.2) is 17.6 Å². The molecule has 0 bridgehead atoms. The number of urea groups is 1. The highest BCUT2D eigenvalue weighted by atomic mass is 16.6. The highest BCUT2D eigenvalue weighted by Crippen LogP contribution is 2.40. The number of amides is 3. The zero-order valence-corrected chi connectivity index (χ0v) is 16.6. The fourth-order valence-electron chi connectivity index (χ4n) is 3.36. The number of hydrogen-bond acceptors (Lipinski definition) is 7. The van der Waals surface area contributed by atoms with Crippen LogP contribution in [0.15, 0.2) is 12.1 Å². The largest absolute Gasteiger partial charge is 0.493 e. The van der Waals surface area contributed by atoms with Gasteiger partial charge in [0.25, 0.3) is 5.91 Å². The zero-order chi connectivity index (χ0) is 20.8. The number of fused-ring (bicyclic) bond motifs is 1. The van der Waals surface area contributed by atoms with Crippen LogP contribution in [0.2, 0.25) is 0 Å². The normalized spacial score (nSPS) is 17.0. The van der Waals surface area contributed by atoms with Crippen LogP contribution in [0.3, 0.4) is 0 Å². The van der Waals surface area contributed by atoms with Gasteiger partial charge in [-0.15, -0.1) is 0 Å². The van der Waals surface area contributed by atoms with Gasteiger partial charge in [-0.2, -0.15) is 0 Å². The molecule has 1 aromatic rings. The number of esters is 1. The number of ether oxygens (including phenoxy) is 4. The second-order valence-corrected chi connectivity index (χ2v) is 7.05. The van der Waals surface area contributed by atoms with Gasteiger partial charge in [-0.3, -0.25) is 10.1 Å². The summed E-state index contributed by atoms with van der Waals surface area (Å²) in [6, 6.07) is 2.42. The molecule has 3 amide bonds. The maximum atomic E-state index is 12.5. The number of methoxy groups -OCH3 is 1. The number of imide groups is 1. The number of carbonyl (C=O) groups excluding carboxylic acids is 3. The van der Waals surface area contributed by atoms with Gasteiger partial charge >= 0.3 is 12.0 Å². The van der Waals surface area contributed by atoms with Gasteiger partial charge in [-0.25, -0.2) is 9.59 Å². The fourth-order valence-corrected chi connectivity index (χ4v) is 3.36. The van der Waals surface area contributed by atoms with E-state index < -0.39 is 24.0 Å². The number of rotatable bonds is 5. The van der Waals surface area contributed by atoms with Gasteiger partial charge < -0.3 is 24.3 Å². The quantitative estimate of drug-likeness (QED) is 0.721. The molecule has 1 atom stereocenters. The van der Waals surface area contributed by atoms with E-state index in [0.29, 0.717) is 30.5 Å². The van der Waals surface area contributed by atoms with E-state index >= 15 is 0 Å². The van der Waals surface area contributed by atoms with Crippen molar-refractivity contribution in [2.45, 2.75) is 51.2 Å². The lowest BCUT2D eigenvalue weighted by Crippen LogP contribution is -2.48. The summed E-state index contributed by atoms with van der Waals surface area (Å²) in [7, 11) is 1.45. The van der Waals surface area contributed by atoms with Crippen LogP contribution >= 0.6 is 0 Å². The first kappa shape index (κ1) is 20.8. The Kier molecular flexibility index (Phi) is 6.79. The lowest BCUT2D eigenvalue weighted by atomic mass is 9.96. The Morgan fingerprint density at radius 2 is 1.83 bits per heavy atom. The maximum absolute atomic E-state index is 12.5. The number of nitrogens with one attached hydrogen (secondary N) is 2. The van der Waals surface area contributed by atoms with E-state index in [0.717, 1.165) is 32.1 Å². The minimum absolute atomic E-state index is 0.0691.